The summed E-state index contributed by atoms with van der Waals surface area (Å²) in [6.45, 7) is 6.34. The van der Waals surface area contributed by atoms with Crippen LogP contribution in [0.1, 0.15) is 252 Å². The van der Waals surface area contributed by atoms with Gasteiger partial charge in [0.15, 0.2) is 6.10 Å². The van der Waals surface area contributed by atoms with Crippen LogP contribution in [-0.4, -0.2) is 37.2 Å². The lowest BCUT2D eigenvalue weighted by Crippen LogP contribution is -2.30. The standard InChI is InChI=1S/C71H112O6/c1-4-7-10-13-16-19-22-24-26-28-30-32-33-34-35-36-37-39-40-42-44-46-49-52-55-58-61-64-70(73)76-67-68(66-75-69(72)63-60-57-54-51-48-21-18-15-12-9-6-3)77-71(74)65-62-59-56-53-50-47-45-43-41-38-31-29-27-25-23-20-17-14-11-8-5-2/h7-8,10-11,16-17,19-20,24-27,30-32,34-35,37-39,42-45,50,53,68H,4-6,9,12-15,18,21-23,28-29,33,36,40-41,46-49,51-52,54-67H2,1-3H3/b10-7-,11-8-,19-16-,20-17-,26-24-,27-25-,32-30-,35-34-,38-31-,39-37-,44-42-,45-43-,53-50-. The van der Waals surface area contributed by atoms with Gasteiger partial charge in [-0.1, -0.05) is 262 Å². The highest BCUT2D eigenvalue weighted by Crippen LogP contribution is 2.14. The van der Waals surface area contributed by atoms with Crippen LogP contribution in [0.4, 0.5) is 0 Å². The third-order valence-corrected chi connectivity index (χ3v) is 12.5. The van der Waals surface area contributed by atoms with Gasteiger partial charge in [0.25, 0.3) is 0 Å². The monoisotopic (exact) mass is 1060 g/mol. The number of carbonyl (C=O) groups is 3. The van der Waals surface area contributed by atoms with Gasteiger partial charge in [0.05, 0.1) is 0 Å². The SMILES string of the molecule is CC/C=C\C/C=C\C/C=C\C/C=C\C/C=C\C/C=C\C/C=C\CCCCCCCC(=O)OCC(COC(=O)CCCCCCCCCCCCC)OC(=O)CCCC/C=C\C/C=C\C/C=C\C/C=C\C/C=C\C/C=C\CC. The fourth-order valence-electron chi connectivity index (χ4n) is 7.95. The first kappa shape index (κ1) is 72.0. The molecule has 0 N–H and O–H groups in total. The average Bonchev–Trinajstić information content (AvgIpc) is 3.43. The minimum absolute atomic E-state index is 0.107. The highest BCUT2D eigenvalue weighted by atomic mass is 16.6. The molecule has 0 aromatic rings. The van der Waals surface area contributed by atoms with Gasteiger partial charge >= 0.3 is 17.9 Å². The van der Waals surface area contributed by atoms with Crippen molar-refractivity contribution in [3.8, 4) is 0 Å². The lowest BCUT2D eigenvalue weighted by molar-refractivity contribution is -0.167. The van der Waals surface area contributed by atoms with Crippen molar-refractivity contribution in [3.63, 3.8) is 0 Å². The molecule has 432 valence electrons. The summed E-state index contributed by atoms with van der Waals surface area (Å²) in [6.07, 6.45) is 92.4. The van der Waals surface area contributed by atoms with Gasteiger partial charge in [0.2, 0.25) is 0 Å². The van der Waals surface area contributed by atoms with Crippen molar-refractivity contribution >= 4 is 17.9 Å². The van der Waals surface area contributed by atoms with Gasteiger partial charge in [-0.15, -0.1) is 0 Å². The molecule has 6 nitrogen and oxygen atoms in total. The number of ether oxygens (including phenoxy) is 3. The topological polar surface area (TPSA) is 78.9 Å². The van der Waals surface area contributed by atoms with Crippen molar-refractivity contribution in [1.29, 1.82) is 0 Å². The molecule has 1 unspecified atom stereocenters. The number of unbranched alkanes of at least 4 members (excludes halogenated alkanes) is 17. The van der Waals surface area contributed by atoms with Crippen molar-refractivity contribution in [1.82, 2.24) is 0 Å². The zero-order valence-electron chi connectivity index (χ0n) is 49.4. The molecule has 6 heteroatoms. The van der Waals surface area contributed by atoms with Crippen molar-refractivity contribution in [2.24, 2.45) is 0 Å². The number of hydrogen-bond acceptors (Lipinski definition) is 6. The molecule has 0 amide bonds. The maximum Gasteiger partial charge on any atom is 0.306 e. The molecule has 77 heavy (non-hydrogen) atoms. The molecule has 0 aromatic carbocycles. The Morgan fingerprint density at radius 1 is 0.273 bits per heavy atom. The highest BCUT2D eigenvalue weighted by molar-refractivity contribution is 5.71. The van der Waals surface area contributed by atoms with E-state index in [1.165, 1.54) is 51.4 Å². The van der Waals surface area contributed by atoms with Gasteiger partial charge in [-0.05, 0) is 128 Å². The molecular weight excluding hydrogens is 949 g/mol. The van der Waals surface area contributed by atoms with E-state index in [-0.39, 0.29) is 37.5 Å². The van der Waals surface area contributed by atoms with Crippen LogP contribution in [-0.2, 0) is 28.6 Å². The predicted molar refractivity (Wildman–Crippen MR) is 334 cm³/mol. The van der Waals surface area contributed by atoms with Crippen LogP contribution in [0.5, 0.6) is 0 Å². The molecule has 0 bridgehead atoms. The predicted octanol–water partition coefficient (Wildman–Crippen LogP) is 21.3. The first-order valence-electron chi connectivity index (χ1n) is 31.0. The van der Waals surface area contributed by atoms with E-state index in [2.05, 4.69) is 179 Å². The number of allylic oxidation sites excluding steroid dienone is 26. The summed E-state index contributed by atoms with van der Waals surface area (Å²) >= 11 is 0. The molecule has 0 aliphatic carbocycles. The summed E-state index contributed by atoms with van der Waals surface area (Å²) in [4.78, 5) is 38.2. The van der Waals surface area contributed by atoms with Crippen LogP contribution < -0.4 is 0 Å². The Morgan fingerprint density at radius 3 is 0.818 bits per heavy atom. The quantitative estimate of drug-likeness (QED) is 0.0261. The van der Waals surface area contributed by atoms with Crippen LogP contribution in [0, 0.1) is 0 Å². The molecule has 0 aliphatic heterocycles. The van der Waals surface area contributed by atoms with E-state index in [0.717, 1.165) is 154 Å². The lowest BCUT2D eigenvalue weighted by atomic mass is 10.1. The molecular formula is C71H112O6. The van der Waals surface area contributed by atoms with Crippen molar-refractivity contribution in [3.05, 3.63) is 158 Å². The summed E-state index contributed by atoms with van der Waals surface area (Å²) in [5.41, 5.74) is 0. The van der Waals surface area contributed by atoms with Gasteiger partial charge in [-0.2, -0.15) is 0 Å². The van der Waals surface area contributed by atoms with E-state index < -0.39 is 6.10 Å². The van der Waals surface area contributed by atoms with Crippen LogP contribution >= 0.6 is 0 Å². The Kier molecular flexibility index (Phi) is 59.5. The average molecular weight is 1060 g/mol. The number of carbonyl (C=O) groups excluding carboxylic acids is 3. The van der Waals surface area contributed by atoms with Crippen molar-refractivity contribution < 1.29 is 28.6 Å². The summed E-state index contributed by atoms with van der Waals surface area (Å²) in [7, 11) is 0. The van der Waals surface area contributed by atoms with Gasteiger partial charge in [-0.3, -0.25) is 14.4 Å². The van der Waals surface area contributed by atoms with Gasteiger partial charge in [-0.25, -0.2) is 0 Å². The van der Waals surface area contributed by atoms with Crippen LogP contribution in [0.2, 0.25) is 0 Å². The zero-order chi connectivity index (χ0) is 55.7. The highest BCUT2D eigenvalue weighted by Gasteiger charge is 2.19. The summed E-state index contributed by atoms with van der Waals surface area (Å²) in [5.74, 6) is -0.976. The van der Waals surface area contributed by atoms with E-state index in [1.807, 2.05) is 0 Å². The van der Waals surface area contributed by atoms with E-state index >= 15 is 0 Å². The Labute approximate surface area is 473 Å². The third-order valence-electron chi connectivity index (χ3n) is 12.5. The first-order chi connectivity index (χ1) is 38.0. The minimum atomic E-state index is -0.816. The maximum atomic E-state index is 12.9. The van der Waals surface area contributed by atoms with Crippen molar-refractivity contribution in [2.45, 2.75) is 258 Å². The zero-order valence-corrected chi connectivity index (χ0v) is 49.4. The molecule has 0 radical (unpaired) electrons. The van der Waals surface area contributed by atoms with Gasteiger partial charge in [0.1, 0.15) is 13.2 Å². The Bertz CT molecular complexity index is 1740. The smallest absolute Gasteiger partial charge is 0.306 e. The summed E-state index contributed by atoms with van der Waals surface area (Å²) in [6, 6.07) is 0. The fourth-order valence-corrected chi connectivity index (χ4v) is 7.95. The van der Waals surface area contributed by atoms with Crippen molar-refractivity contribution in [2.75, 3.05) is 13.2 Å². The molecule has 0 aromatic heterocycles. The van der Waals surface area contributed by atoms with Gasteiger partial charge < -0.3 is 14.2 Å². The van der Waals surface area contributed by atoms with Crippen LogP contribution in [0.25, 0.3) is 0 Å². The van der Waals surface area contributed by atoms with E-state index in [9.17, 15) is 14.4 Å². The second kappa shape index (κ2) is 63.6. The summed E-state index contributed by atoms with van der Waals surface area (Å²) < 4.78 is 16.8. The summed E-state index contributed by atoms with van der Waals surface area (Å²) in [5, 5.41) is 0. The molecule has 0 heterocycles. The second-order valence-electron chi connectivity index (χ2n) is 19.9. The molecule has 1 atom stereocenters. The molecule has 0 saturated carbocycles. The minimum Gasteiger partial charge on any atom is -0.462 e. The van der Waals surface area contributed by atoms with E-state index in [0.29, 0.717) is 19.3 Å². The van der Waals surface area contributed by atoms with Gasteiger partial charge in [0, 0.05) is 19.3 Å². The number of hydrogen-bond donors (Lipinski definition) is 0. The van der Waals surface area contributed by atoms with Crippen LogP contribution in [0.15, 0.2) is 158 Å². The Hall–Kier alpha value is -4.97. The number of rotatable bonds is 54. The Morgan fingerprint density at radius 2 is 0.506 bits per heavy atom. The number of esters is 3. The second-order valence-corrected chi connectivity index (χ2v) is 19.9. The van der Waals surface area contributed by atoms with E-state index in [4.69, 9.17) is 14.2 Å². The molecule has 0 rings (SSSR count). The molecule has 0 spiro atoms. The Balaban J connectivity index is 4.45. The molecule has 0 aliphatic rings. The third kappa shape index (κ3) is 61.8. The maximum absolute atomic E-state index is 12.9. The fraction of sp³-hybridized carbons (Fsp3) is 0.592. The van der Waals surface area contributed by atoms with Crippen LogP contribution in [0.3, 0.4) is 0 Å². The largest absolute Gasteiger partial charge is 0.462 e. The normalized spacial score (nSPS) is 13.2. The lowest BCUT2D eigenvalue weighted by Gasteiger charge is -2.18. The molecule has 0 saturated heterocycles. The molecule has 0 fully saturated rings. The first-order valence-corrected chi connectivity index (χ1v) is 31.0. The van der Waals surface area contributed by atoms with E-state index in [1.54, 1.807) is 0 Å².